The highest BCUT2D eigenvalue weighted by Crippen LogP contribution is 2.91. The van der Waals surface area contributed by atoms with Crippen LogP contribution in [0.15, 0.2) is 12.2 Å². The molecule has 0 amide bonds. The van der Waals surface area contributed by atoms with E-state index in [1.807, 2.05) is 0 Å². The monoisotopic (exact) mass is 702 g/mol. The summed E-state index contributed by atoms with van der Waals surface area (Å²) in [5.41, 5.74) is 0.280. The van der Waals surface area contributed by atoms with Crippen molar-refractivity contribution in [3.05, 3.63) is 12.2 Å². The number of aliphatic hydroxyl groups excluding tert-OH is 3. The van der Waals surface area contributed by atoms with Crippen LogP contribution in [0.3, 0.4) is 0 Å². The summed E-state index contributed by atoms with van der Waals surface area (Å²) in [6, 6.07) is 0. The molecule has 6 rings (SSSR count). The van der Waals surface area contributed by atoms with Crippen molar-refractivity contribution < 1.29 is 48.7 Å². The molecule has 15 unspecified atom stereocenters. The van der Waals surface area contributed by atoms with Crippen molar-refractivity contribution in [2.24, 2.45) is 50.7 Å². The number of aliphatic hydroxyl groups is 3. The van der Waals surface area contributed by atoms with E-state index in [-0.39, 0.29) is 57.8 Å². The molecule has 15 atom stereocenters. The van der Waals surface area contributed by atoms with Gasteiger partial charge in [-0.05, 0) is 110 Å². The molecular weight excluding hydrogens is 640 g/mol. The fraction of sp³-hybridized carbons (Fsp3) is 0.875. The summed E-state index contributed by atoms with van der Waals surface area (Å²) in [6.45, 7) is 18.1. The van der Waals surface area contributed by atoms with Gasteiger partial charge < -0.3 is 34.3 Å². The number of aldehydes is 1. The Balaban J connectivity index is 1.35. The van der Waals surface area contributed by atoms with E-state index in [2.05, 4.69) is 41.2 Å². The van der Waals surface area contributed by atoms with Crippen LogP contribution in [0.1, 0.15) is 119 Å². The topological polar surface area (TPSA) is 149 Å². The van der Waals surface area contributed by atoms with Crippen molar-refractivity contribution in [2.45, 2.75) is 162 Å². The lowest BCUT2D eigenvalue weighted by Gasteiger charge is -2.69. The Bertz CT molecular complexity index is 1350. The van der Waals surface area contributed by atoms with Crippen LogP contribution in [-0.2, 0) is 33.3 Å². The number of hydrogen-bond acceptors (Lipinski definition) is 10. The maximum atomic E-state index is 12.3. The van der Waals surface area contributed by atoms with Crippen molar-refractivity contribution >= 4 is 18.2 Å². The largest absolute Gasteiger partial charge is 0.463 e. The van der Waals surface area contributed by atoms with E-state index in [4.69, 9.17) is 18.9 Å². The molecule has 0 radical (unpaired) electrons. The zero-order chi connectivity index (χ0) is 36.6. The molecule has 10 nitrogen and oxygen atoms in total. The van der Waals surface area contributed by atoms with Crippen LogP contribution in [0.25, 0.3) is 0 Å². The summed E-state index contributed by atoms with van der Waals surface area (Å²) in [7, 11) is 0. The van der Waals surface area contributed by atoms with Gasteiger partial charge in [-0.15, -0.1) is 0 Å². The number of carbonyl (C=O) groups excluding carboxylic acids is 3. The fourth-order valence-electron chi connectivity index (χ4n) is 13.5. The number of esters is 2. The molecule has 0 bridgehead atoms. The lowest BCUT2D eigenvalue weighted by molar-refractivity contribution is -0.344. The average Bonchev–Trinajstić information content (AvgIpc) is 3.62. The second-order valence-corrected chi connectivity index (χ2v) is 18.3. The van der Waals surface area contributed by atoms with Crippen molar-refractivity contribution in [3.63, 3.8) is 0 Å². The van der Waals surface area contributed by atoms with Gasteiger partial charge in [0.1, 0.15) is 43.4 Å². The third-order valence-corrected chi connectivity index (χ3v) is 15.8. The second-order valence-electron chi connectivity index (χ2n) is 18.3. The van der Waals surface area contributed by atoms with Crippen LogP contribution in [0.4, 0.5) is 0 Å². The standard InChI is InChI=1S/C40H62O10/c1-22(19-41)10-9-11-23(2)26-12-17-40-21-39(26,40)16-13-28-37(7)15-14-30(48-25(4)43)36(5,6)29(37)18-31(38(28,40)8)50-35-34(46)33(45)32(44)27(49-35)20-47-24(3)42/h19,23,26-35,44-46H,1,9-18,20-21H2,2-8H3. The Morgan fingerprint density at radius 1 is 0.940 bits per heavy atom. The Kier molecular flexibility index (Phi) is 10.0. The maximum absolute atomic E-state index is 12.3. The van der Waals surface area contributed by atoms with Gasteiger partial charge in [-0.1, -0.05) is 47.6 Å². The Labute approximate surface area is 298 Å². The van der Waals surface area contributed by atoms with Crippen LogP contribution >= 0.6 is 0 Å². The van der Waals surface area contributed by atoms with Crippen LogP contribution in [0.5, 0.6) is 0 Å². The minimum absolute atomic E-state index is 0.0310. The second kappa shape index (κ2) is 13.2. The smallest absolute Gasteiger partial charge is 0.302 e. The van der Waals surface area contributed by atoms with E-state index >= 15 is 0 Å². The van der Waals surface area contributed by atoms with Crippen molar-refractivity contribution in [3.8, 4) is 0 Å². The van der Waals surface area contributed by atoms with E-state index in [0.29, 0.717) is 29.7 Å². The van der Waals surface area contributed by atoms with E-state index in [9.17, 15) is 29.7 Å². The van der Waals surface area contributed by atoms with Crippen LogP contribution in [-0.4, -0.2) is 83.1 Å². The number of ether oxygens (including phenoxy) is 4. The highest BCUT2D eigenvalue weighted by atomic mass is 16.7. The van der Waals surface area contributed by atoms with Crippen LogP contribution in [0.2, 0.25) is 0 Å². The first-order chi connectivity index (χ1) is 23.4. The summed E-state index contributed by atoms with van der Waals surface area (Å²) < 4.78 is 24.3. The lowest BCUT2D eigenvalue weighted by atomic mass is 9.37. The molecule has 282 valence electrons. The number of rotatable bonds is 11. The quantitative estimate of drug-likeness (QED) is 0.112. The van der Waals surface area contributed by atoms with E-state index in [0.717, 1.165) is 64.1 Å². The highest BCUT2D eigenvalue weighted by Gasteiger charge is 2.85. The minimum Gasteiger partial charge on any atom is -0.463 e. The molecule has 0 aromatic carbocycles. The summed E-state index contributed by atoms with van der Waals surface area (Å²) >= 11 is 0. The number of allylic oxidation sites excluding steroid dienone is 1. The SMILES string of the molecule is C=C(C=O)CCCC(C)C1CCC23CC12CCC1C2(C)CCC(OC(C)=O)C(C)(C)C2CC(OC2OC(COC(C)=O)C(O)C(O)C2O)C13C. The third kappa shape index (κ3) is 5.64. The molecule has 0 spiro atoms. The van der Waals surface area contributed by atoms with Gasteiger partial charge in [-0.3, -0.25) is 14.4 Å². The van der Waals surface area contributed by atoms with Gasteiger partial charge in [0.25, 0.3) is 0 Å². The first-order valence-corrected chi connectivity index (χ1v) is 19.2. The zero-order valence-electron chi connectivity index (χ0n) is 31.3. The Hall–Kier alpha value is -1.85. The predicted octanol–water partition coefficient (Wildman–Crippen LogP) is 5.28. The first-order valence-electron chi connectivity index (χ1n) is 19.2. The van der Waals surface area contributed by atoms with Gasteiger partial charge in [-0.25, -0.2) is 0 Å². The number of hydrogen-bond donors (Lipinski definition) is 3. The summed E-state index contributed by atoms with van der Waals surface area (Å²) in [6.07, 6.45) is 4.38. The fourth-order valence-corrected chi connectivity index (χ4v) is 13.5. The Morgan fingerprint density at radius 2 is 1.66 bits per heavy atom. The zero-order valence-corrected chi connectivity index (χ0v) is 31.3. The molecule has 5 saturated carbocycles. The highest BCUT2D eigenvalue weighted by molar-refractivity contribution is 5.71. The van der Waals surface area contributed by atoms with E-state index < -0.39 is 36.7 Å². The Morgan fingerprint density at radius 3 is 2.32 bits per heavy atom. The van der Waals surface area contributed by atoms with Gasteiger partial charge in [0, 0.05) is 24.7 Å². The number of fused-ring (bicyclic) bond motifs is 3. The van der Waals surface area contributed by atoms with Gasteiger partial charge in [0.05, 0.1) is 6.10 Å². The molecule has 3 N–H and O–H groups in total. The first kappa shape index (κ1) is 37.9. The lowest BCUT2D eigenvalue weighted by Crippen LogP contribution is -2.68. The van der Waals surface area contributed by atoms with Gasteiger partial charge in [-0.2, -0.15) is 0 Å². The van der Waals surface area contributed by atoms with Crippen LogP contribution in [0, 0.1) is 50.7 Å². The van der Waals surface area contributed by atoms with E-state index in [1.54, 1.807) is 0 Å². The van der Waals surface area contributed by atoms with E-state index in [1.165, 1.54) is 20.3 Å². The molecule has 1 heterocycles. The molecule has 1 aliphatic heterocycles. The van der Waals surface area contributed by atoms with Crippen molar-refractivity contribution in [2.75, 3.05) is 6.61 Å². The normalized spacial score (nSPS) is 47.8. The summed E-state index contributed by atoms with van der Waals surface area (Å²) in [4.78, 5) is 35.1. The summed E-state index contributed by atoms with van der Waals surface area (Å²) in [5.74, 6) is 0.747. The average molecular weight is 703 g/mol. The molecule has 1 saturated heterocycles. The van der Waals surface area contributed by atoms with Gasteiger partial charge in [0.15, 0.2) is 6.29 Å². The van der Waals surface area contributed by atoms with Gasteiger partial charge >= 0.3 is 11.9 Å². The molecule has 0 aromatic heterocycles. The van der Waals surface area contributed by atoms with Crippen molar-refractivity contribution in [1.29, 1.82) is 0 Å². The van der Waals surface area contributed by atoms with Gasteiger partial charge in [0.2, 0.25) is 0 Å². The molecule has 6 fully saturated rings. The molecule has 10 heteroatoms. The minimum atomic E-state index is -1.54. The molecular formula is C40H62O10. The summed E-state index contributed by atoms with van der Waals surface area (Å²) in [5, 5.41) is 33.0. The molecule has 5 aliphatic carbocycles. The third-order valence-electron chi connectivity index (χ3n) is 15.8. The van der Waals surface area contributed by atoms with Crippen molar-refractivity contribution in [1.82, 2.24) is 0 Å². The predicted molar refractivity (Wildman–Crippen MR) is 184 cm³/mol. The maximum Gasteiger partial charge on any atom is 0.302 e. The molecule has 6 aliphatic rings. The molecule has 0 aromatic rings. The molecule has 50 heavy (non-hydrogen) atoms. The number of carbonyl (C=O) groups is 3. The van der Waals surface area contributed by atoms with Crippen LogP contribution < -0.4 is 0 Å².